The first-order chi connectivity index (χ1) is 6.74. The highest BCUT2D eigenvalue weighted by molar-refractivity contribution is 5.82. The van der Waals surface area contributed by atoms with Crippen molar-refractivity contribution in [3.05, 3.63) is 30.1 Å². The van der Waals surface area contributed by atoms with E-state index in [1.807, 2.05) is 18.2 Å². The second kappa shape index (κ2) is 5.11. The summed E-state index contributed by atoms with van der Waals surface area (Å²) in [4.78, 5) is 19.0. The van der Waals surface area contributed by atoms with Gasteiger partial charge in [0.05, 0.1) is 12.8 Å². The van der Waals surface area contributed by atoms with E-state index in [2.05, 4.69) is 14.7 Å². The van der Waals surface area contributed by atoms with Crippen LogP contribution in [0.5, 0.6) is 0 Å². The molecular formula is C10H12N2O2. The summed E-state index contributed by atoms with van der Waals surface area (Å²) in [5, 5.41) is 0. The number of carbonyl (C=O) groups excluding carboxylic acids is 1. The number of aliphatic imine (C=N–C) groups is 1. The summed E-state index contributed by atoms with van der Waals surface area (Å²) in [5.74, 6) is -0.350. The lowest BCUT2D eigenvalue weighted by atomic mass is 10.3. The molecule has 1 aromatic rings. The van der Waals surface area contributed by atoms with E-state index in [1.54, 1.807) is 19.3 Å². The molecule has 0 N–H and O–H groups in total. The van der Waals surface area contributed by atoms with Crippen molar-refractivity contribution in [2.24, 2.45) is 4.99 Å². The van der Waals surface area contributed by atoms with Crippen LogP contribution in [0.2, 0.25) is 0 Å². The predicted octanol–water partition coefficient (Wildman–Crippen LogP) is 1.06. The molecule has 1 rings (SSSR count). The van der Waals surface area contributed by atoms with Gasteiger partial charge in [0.2, 0.25) is 0 Å². The fourth-order valence-corrected chi connectivity index (χ4v) is 0.872. The molecule has 0 saturated carbocycles. The van der Waals surface area contributed by atoms with Gasteiger partial charge in [-0.2, -0.15) is 0 Å². The van der Waals surface area contributed by atoms with E-state index in [4.69, 9.17) is 0 Å². The number of rotatable bonds is 3. The lowest BCUT2D eigenvalue weighted by Crippen LogP contribution is -2.16. The number of pyridine rings is 1. The van der Waals surface area contributed by atoms with Gasteiger partial charge in [0.25, 0.3) is 0 Å². The molecule has 0 aromatic carbocycles. The number of carbonyl (C=O) groups is 1. The molecule has 14 heavy (non-hydrogen) atoms. The Morgan fingerprint density at radius 3 is 3.00 bits per heavy atom. The summed E-state index contributed by atoms with van der Waals surface area (Å²) in [5.41, 5.74) is 0.725. The molecule has 0 amide bonds. The van der Waals surface area contributed by atoms with Gasteiger partial charge in [-0.1, -0.05) is 6.07 Å². The van der Waals surface area contributed by atoms with E-state index >= 15 is 0 Å². The molecule has 4 nitrogen and oxygen atoms in total. The van der Waals surface area contributed by atoms with Crippen LogP contribution in [0.15, 0.2) is 29.4 Å². The SMILES string of the molecule is COC(=O)C(C)N=Cc1ccccn1. The summed E-state index contributed by atoms with van der Waals surface area (Å²) in [6.07, 6.45) is 3.23. The Labute approximate surface area is 82.6 Å². The Bertz CT molecular complexity index is 322. The van der Waals surface area contributed by atoms with Crippen LogP contribution in [0.25, 0.3) is 0 Å². The van der Waals surface area contributed by atoms with E-state index in [0.29, 0.717) is 0 Å². The third-order valence-electron chi connectivity index (χ3n) is 1.66. The average molecular weight is 192 g/mol. The van der Waals surface area contributed by atoms with Crippen LogP contribution in [0.4, 0.5) is 0 Å². The highest BCUT2D eigenvalue weighted by Crippen LogP contribution is 1.94. The van der Waals surface area contributed by atoms with E-state index in [0.717, 1.165) is 5.69 Å². The molecule has 1 aromatic heterocycles. The van der Waals surface area contributed by atoms with Crippen LogP contribution in [0.1, 0.15) is 12.6 Å². The Kier molecular flexibility index (Phi) is 3.79. The van der Waals surface area contributed by atoms with Crippen molar-refractivity contribution in [3.8, 4) is 0 Å². The van der Waals surface area contributed by atoms with Gasteiger partial charge in [-0.15, -0.1) is 0 Å². The number of hydrogen-bond donors (Lipinski definition) is 0. The van der Waals surface area contributed by atoms with E-state index in [1.165, 1.54) is 7.11 Å². The van der Waals surface area contributed by atoms with Gasteiger partial charge in [-0.05, 0) is 19.1 Å². The first-order valence-electron chi connectivity index (χ1n) is 4.26. The molecule has 1 heterocycles. The molecule has 0 aliphatic carbocycles. The molecule has 4 heteroatoms. The average Bonchev–Trinajstić information content (AvgIpc) is 2.26. The number of aromatic nitrogens is 1. The lowest BCUT2D eigenvalue weighted by Gasteiger charge is -2.01. The quantitative estimate of drug-likeness (QED) is 0.531. The van der Waals surface area contributed by atoms with Gasteiger partial charge >= 0.3 is 5.97 Å². The first kappa shape index (κ1) is 10.4. The Morgan fingerprint density at radius 1 is 1.64 bits per heavy atom. The van der Waals surface area contributed by atoms with Crippen LogP contribution in [-0.4, -0.2) is 30.3 Å². The maximum absolute atomic E-state index is 11.0. The largest absolute Gasteiger partial charge is 0.467 e. The van der Waals surface area contributed by atoms with Crippen LogP contribution in [-0.2, 0) is 9.53 Å². The third kappa shape index (κ3) is 2.97. The Balaban J connectivity index is 2.60. The van der Waals surface area contributed by atoms with E-state index in [9.17, 15) is 4.79 Å². The maximum atomic E-state index is 11.0. The minimum absolute atomic E-state index is 0.350. The van der Waals surface area contributed by atoms with Crippen LogP contribution in [0, 0.1) is 0 Å². The summed E-state index contributed by atoms with van der Waals surface area (Å²) >= 11 is 0. The van der Waals surface area contributed by atoms with E-state index in [-0.39, 0.29) is 5.97 Å². The van der Waals surface area contributed by atoms with Gasteiger partial charge in [0.1, 0.15) is 6.04 Å². The molecule has 0 saturated heterocycles. The highest BCUT2D eigenvalue weighted by atomic mass is 16.5. The molecule has 0 aliphatic heterocycles. The van der Waals surface area contributed by atoms with Crippen molar-refractivity contribution in [1.29, 1.82) is 0 Å². The van der Waals surface area contributed by atoms with Crippen molar-refractivity contribution < 1.29 is 9.53 Å². The molecule has 1 atom stereocenters. The van der Waals surface area contributed by atoms with Gasteiger partial charge in [0.15, 0.2) is 0 Å². The van der Waals surface area contributed by atoms with Crippen molar-refractivity contribution in [3.63, 3.8) is 0 Å². The van der Waals surface area contributed by atoms with Gasteiger partial charge in [0, 0.05) is 12.4 Å². The fourth-order valence-electron chi connectivity index (χ4n) is 0.872. The van der Waals surface area contributed by atoms with Gasteiger partial charge in [-0.25, -0.2) is 4.79 Å². The van der Waals surface area contributed by atoms with Crippen LogP contribution >= 0.6 is 0 Å². The Morgan fingerprint density at radius 2 is 2.43 bits per heavy atom. The lowest BCUT2D eigenvalue weighted by molar-refractivity contribution is -0.141. The zero-order valence-electron chi connectivity index (χ0n) is 8.18. The van der Waals surface area contributed by atoms with Crippen LogP contribution < -0.4 is 0 Å². The molecule has 0 bridgehead atoms. The summed E-state index contributed by atoms with van der Waals surface area (Å²) in [6.45, 7) is 1.67. The van der Waals surface area contributed by atoms with E-state index < -0.39 is 6.04 Å². The van der Waals surface area contributed by atoms with Crippen molar-refractivity contribution in [2.75, 3.05) is 7.11 Å². The van der Waals surface area contributed by atoms with Gasteiger partial charge in [-0.3, -0.25) is 9.98 Å². The number of nitrogens with zero attached hydrogens (tertiary/aromatic N) is 2. The van der Waals surface area contributed by atoms with Gasteiger partial charge < -0.3 is 4.74 Å². The summed E-state index contributed by atoms with van der Waals surface area (Å²) < 4.78 is 4.53. The van der Waals surface area contributed by atoms with Crippen molar-refractivity contribution in [2.45, 2.75) is 13.0 Å². The first-order valence-corrected chi connectivity index (χ1v) is 4.26. The predicted molar refractivity (Wildman–Crippen MR) is 53.3 cm³/mol. The number of hydrogen-bond acceptors (Lipinski definition) is 4. The third-order valence-corrected chi connectivity index (χ3v) is 1.66. The Hall–Kier alpha value is -1.71. The van der Waals surface area contributed by atoms with Crippen molar-refractivity contribution in [1.82, 2.24) is 4.98 Å². The summed E-state index contributed by atoms with van der Waals surface area (Å²) in [6, 6.07) is 5.01. The second-order valence-corrected chi connectivity index (χ2v) is 2.73. The molecule has 1 unspecified atom stereocenters. The number of ether oxygens (including phenoxy) is 1. The zero-order chi connectivity index (χ0) is 10.4. The normalized spacial score (nSPS) is 12.7. The highest BCUT2D eigenvalue weighted by Gasteiger charge is 2.09. The number of methoxy groups -OCH3 is 1. The monoisotopic (exact) mass is 192 g/mol. The molecule has 0 spiro atoms. The minimum atomic E-state index is -0.484. The van der Waals surface area contributed by atoms with Crippen LogP contribution in [0.3, 0.4) is 0 Å². The smallest absolute Gasteiger partial charge is 0.330 e. The molecular weight excluding hydrogens is 180 g/mol. The maximum Gasteiger partial charge on any atom is 0.330 e. The standard InChI is InChI=1S/C10H12N2O2/c1-8(10(13)14-2)12-7-9-5-3-4-6-11-9/h3-8H,1-2H3. The zero-order valence-corrected chi connectivity index (χ0v) is 8.18. The molecule has 0 radical (unpaired) electrons. The van der Waals surface area contributed by atoms with Crippen molar-refractivity contribution >= 4 is 12.2 Å². The topological polar surface area (TPSA) is 51.5 Å². The molecule has 74 valence electrons. The minimum Gasteiger partial charge on any atom is -0.467 e. The molecule has 0 fully saturated rings. The summed E-state index contributed by atoms with van der Waals surface area (Å²) in [7, 11) is 1.34. The number of esters is 1. The molecule has 0 aliphatic rings. The second-order valence-electron chi connectivity index (χ2n) is 2.73. The fraction of sp³-hybridized carbons (Fsp3) is 0.300.